The fraction of sp³-hybridized carbons (Fsp3) is 0.412. The standard InChI is InChI=1S/C17H20N4O3/c1-2-14(16-15(3-1)23-12-24-16)11-18-8-13-9-19-17(20-10-13)21-4-6-22-7-5-21/h1-3,9-10,18H,4-8,11-12H2. The number of fused-ring (bicyclic) bond motifs is 1. The fourth-order valence-electron chi connectivity index (χ4n) is 2.84. The molecule has 0 unspecified atom stereocenters. The van der Waals surface area contributed by atoms with E-state index in [0.29, 0.717) is 19.9 Å². The normalized spacial score (nSPS) is 16.4. The van der Waals surface area contributed by atoms with Crippen LogP contribution in [0.5, 0.6) is 11.5 Å². The Kier molecular flexibility index (Phi) is 4.44. The number of nitrogens with zero attached hydrogens (tertiary/aromatic N) is 3. The van der Waals surface area contributed by atoms with Gasteiger partial charge < -0.3 is 24.4 Å². The summed E-state index contributed by atoms with van der Waals surface area (Å²) in [6.45, 7) is 4.87. The first-order chi connectivity index (χ1) is 11.9. The van der Waals surface area contributed by atoms with Gasteiger partial charge in [-0.2, -0.15) is 0 Å². The van der Waals surface area contributed by atoms with Crippen LogP contribution in [0.2, 0.25) is 0 Å². The minimum atomic E-state index is 0.295. The first kappa shape index (κ1) is 15.2. The van der Waals surface area contributed by atoms with Crippen LogP contribution in [0.3, 0.4) is 0 Å². The molecule has 3 heterocycles. The summed E-state index contributed by atoms with van der Waals surface area (Å²) in [6.07, 6.45) is 3.75. The van der Waals surface area contributed by atoms with E-state index in [1.54, 1.807) is 0 Å². The zero-order valence-corrected chi connectivity index (χ0v) is 13.4. The molecule has 4 rings (SSSR count). The average Bonchev–Trinajstić information content (AvgIpc) is 3.13. The second-order valence-electron chi connectivity index (χ2n) is 5.75. The molecule has 0 spiro atoms. The van der Waals surface area contributed by atoms with Crippen LogP contribution in [0, 0.1) is 0 Å². The van der Waals surface area contributed by atoms with Crippen LogP contribution in [0.4, 0.5) is 5.95 Å². The van der Waals surface area contributed by atoms with Crippen molar-refractivity contribution in [3.63, 3.8) is 0 Å². The monoisotopic (exact) mass is 328 g/mol. The second-order valence-corrected chi connectivity index (χ2v) is 5.75. The van der Waals surface area contributed by atoms with Crippen molar-refractivity contribution in [1.29, 1.82) is 0 Å². The van der Waals surface area contributed by atoms with Crippen molar-refractivity contribution in [2.24, 2.45) is 0 Å². The zero-order valence-electron chi connectivity index (χ0n) is 13.4. The van der Waals surface area contributed by atoms with Gasteiger partial charge in [0, 0.05) is 49.7 Å². The van der Waals surface area contributed by atoms with Crippen LogP contribution in [0.1, 0.15) is 11.1 Å². The topological polar surface area (TPSA) is 68.7 Å². The summed E-state index contributed by atoms with van der Waals surface area (Å²) in [5.74, 6) is 2.42. The predicted molar refractivity (Wildman–Crippen MR) is 88.2 cm³/mol. The lowest BCUT2D eigenvalue weighted by atomic mass is 10.2. The number of nitrogens with one attached hydrogen (secondary N) is 1. The number of hydrogen-bond acceptors (Lipinski definition) is 7. The van der Waals surface area contributed by atoms with Gasteiger partial charge in [0.2, 0.25) is 12.7 Å². The van der Waals surface area contributed by atoms with Gasteiger partial charge in [-0.25, -0.2) is 9.97 Å². The zero-order chi connectivity index (χ0) is 16.2. The Hall–Kier alpha value is -2.38. The molecule has 1 N–H and O–H groups in total. The molecule has 0 amide bonds. The fourth-order valence-corrected chi connectivity index (χ4v) is 2.84. The van der Waals surface area contributed by atoms with Crippen LogP contribution >= 0.6 is 0 Å². The molecule has 0 bridgehead atoms. The van der Waals surface area contributed by atoms with Gasteiger partial charge >= 0.3 is 0 Å². The molecule has 0 atom stereocenters. The van der Waals surface area contributed by atoms with Crippen LogP contribution in [-0.4, -0.2) is 43.1 Å². The molecule has 0 aliphatic carbocycles. The lowest BCUT2D eigenvalue weighted by Gasteiger charge is -2.26. The van der Waals surface area contributed by atoms with Crippen molar-refractivity contribution in [2.45, 2.75) is 13.1 Å². The summed E-state index contributed by atoms with van der Waals surface area (Å²) >= 11 is 0. The summed E-state index contributed by atoms with van der Waals surface area (Å²) in [5.41, 5.74) is 2.15. The Balaban J connectivity index is 1.32. The predicted octanol–water partition coefficient (Wildman–Crippen LogP) is 1.33. The van der Waals surface area contributed by atoms with Gasteiger partial charge in [0.15, 0.2) is 11.5 Å². The largest absolute Gasteiger partial charge is 0.454 e. The molecule has 0 radical (unpaired) electrons. The van der Waals surface area contributed by atoms with Gasteiger partial charge in [-0.1, -0.05) is 12.1 Å². The number of benzene rings is 1. The molecule has 2 aliphatic heterocycles. The van der Waals surface area contributed by atoms with Gasteiger partial charge in [-0.05, 0) is 6.07 Å². The minimum Gasteiger partial charge on any atom is -0.454 e. The second kappa shape index (κ2) is 7.02. The van der Waals surface area contributed by atoms with E-state index in [0.717, 1.165) is 54.9 Å². The van der Waals surface area contributed by atoms with E-state index in [1.807, 2.05) is 30.6 Å². The molecule has 7 heteroatoms. The van der Waals surface area contributed by atoms with Crippen LogP contribution in [0.25, 0.3) is 0 Å². The van der Waals surface area contributed by atoms with E-state index in [1.165, 1.54) is 0 Å². The third-order valence-corrected chi connectivity index (χ3v) is 4.11. The number of hydrogen-bond donors (Lipinski definition) is 1. The van der Waals surface area contributed by atoms with Crippen molar-refractivity contribution < 1.29 is 14.2 Å². The summed E-state index contributed by atoms with van der Waals surface area (Å²) in [6, 6.07) is 5.94. The molecule has 2 aromatic rings. The molecule has 24 heavy (non-hydrogen) atoms. The number of anilines is 1. The Bertz CT molecular complexity index is 687. The van der Waals surface area contributed by atoms with Crippen molar-refractivity contribution in [2.75, 3.05) is 38.0 Å². The maximum absolute atomic E-state index is 5.51. The molecular formula is C17H20N4O3. The number of aromatic nitrogens is 2. The van der Waals surface area contributed by atoms with E-state index < -0.39 is 0 Å². The van der Waals surface area contributed by atoms with Gasteiger partial charge in [0.25, 0.3) is 0 Å². The quantitative estimate of drug-likeness (QED) is 0.888. The van der Waals surface area contributed by atoms with Gasteiger partial charge in [0.1, 0.15) is 0 Å². The molecule has 2 aliphatic rings. The van der Waals surface area contributed by atoms with Crippen LogP contribution in [0.15, 0.2) is 30.6 Å². The molecule has 1 saturated heterocycles. The Labute approximate surface area is 140 Å². The SMILES string of the molecule is c1cc(CNCc2cnc(N3CCOCC3)nc2)c2c(c1)OCO2. The highest BCUT2D eigenvalue weighted by Gasteiger charge is 2.17. The highest BCUT2D eigenvalue weighted by molar-refractivity contribution is 5.48. The van der Waals surface area contributed by atoms with E-state index >= 15 is 0 Å². The lowest BCUT2D eigenvalue weighted by molar-refractivity contribution is 0.122. The smallest absolute Gasteiger partial charge is 0.231 e. The van der Waals surface area contributed by atoms with E-state index in [4.69, 9.17) is 14.2 Å². The molecule has 126 valence electrons. The maximum atomic E-state index is 5.51. The van der Waals surface area contributed by atoms with Crippen molar-refractivity contribution >= 4 is 5.95 Å². The minimum absolute atomic E-state index is 0.295. The Morgan fingerprint density at radius 2 is 1.88 bits per heavy atom. The van der Waals surface area contributed by atoms with E-state index in [2.05, 4.69) is 20.2 Å². The number of ether oxygens (including phenoxy) is 3. The molecule has 1 aromatic heterocycles. The van der Waals surface area contributed by atoms with Gasteiger partial charge in [-0.15, -0.1) is 0 Å². The molecule has 0 saturated carbocycles. The molecule has 1 fully saturated rings. The van der Waals surface area contributed by atoms with Gasteiger partial charge in [0.05, 0.1) is 13.2 Å². The number of rotatable bonds is 5. The van der Waals surface area contributed by atoms with E-state index in [-0.39, 0.29) is 0 Å². The first-order valence-electron chi connectivity index (χ1n) is 8.12. The first-order valence-corrected chi connectivity index (χ1v) is 8.12. The van der Waals surface area contributed by atoms with Crippen molar-refractivity contribution in [3.8, 4) is 11.5 Å². The Morgan fingerprint density at radius 3 is 2.71 bits per heavy atom. The van der Waals surface area contributed by atoms with Crippen LogP contribution < -0.4 is 19.7 Å². The third kappa shape index (κ3) is 3.27. The highest BCUT2D eigenvalue weighted by atomic mass is 16.7. The maximum Gasteiger partial charge on any atom is 0.231 e. The summed E-state index contributed by atoms with van der Waals surface area (Å²) in [4.78, 5) is 11.1. The molecule has 1 aromatic carbocycles. The average molecular weight is 328 g/mol. The number of para-hydroxylation sites is 1. The third-order valence-electron chi connectivity index (χ3n) is 4.11. The molecular weight excluding hydrogens is 308 g/mol. The lowest BCUT2D eigenvalue weighted by Crippen LogP contribution is -2.37. The summed E-state index contributed by atoms with van der Waals surface area (Å²) < 4.78 is 16.2. The van der Waals surface area contributed by atoms with Crippen LogP contribution in [-0.2, 0) is 17.8 Å². The van der Waals surface area contributed by atoms with Crippen molar-refractivity contribution in [3.05, 3.63) is 41.7 Å². The number of morpholine rings is 1. The Morgan fingerprint density at radius 1 is 1.04 bits per heavy atom. The van der Waals surface area contributed by atoms with E-state index in [9.17, 15) is 0 Å². The highest BCUT2D eigenvalue weighted by Crippen LogP contribution is 2.35. The summed E-state index contributed by atoms with van der Waals surface area (Å²) in [5, 5.41) is 3.40. The van der Waals surface area contributed by atoms with Gasteiger partial charge in [-0.3, -0.25) is 0 Å². The van der Waals surface area contributed by atoms with Crippen molar-refractivity contribution in [1.82, 2.24) is 15.3 Å². The molecule has 7 nitrogen and oxygen atoms in total. The summed E-state index contributed by atoms with van der Waals surface area (Å²) in [7, 11) is 0.